The first kappa shape index (κ1) is 15.3. The van der Waals surface area contributed by atoms with Crippen LogP contribution in [0.25, 0.3) is 0 Å². The Kier molecular flexibility index (Phi) is 3.46. The molecule has 126 valence electrons. The van der Waals surface area contributed by atoms with Crippen LogP contribution in [0.15, 0.2) is 41.3 Å². The number of anilines is 1. The van der Waals surface area contributed by atoms with Gasteiger partial charge in [-0.05, 0) is 43.5 Å². The highest BCUT2D eigenvalue weighted by molar-refractivity contribution is 7.93. The predicted molar refractivity (Wildman–Crippen MR) is 91.4 cm³/mol. The molecule has 6 heteroatoms. The fourth-order valence-electron chi connectivity index (χ4n) is 3.46. The molecule has 2 heterocycles. The van der Waals surface area contributed by atoms with Crippen molar-refractivity contribution in [1.29, 1.82) is 0 Å². The monoisotopic (exact) mass is 345 g/mol. The van der Waals surface area contributed by atoms with E-state index in [2.05, 4.69) is 0 Å². The van der Waals surface area contributed by atoms with Crippen molar-refractivity contribution < 1.29 is 17.9 Å². The zero-order valence-electron chi connectivity index (χ0n) is 13.7. The topological polar surface area (TPSA) is 55.8 Å². The van der Waals surface area contributed by atoms with E-state index < -0.39 is 10.0 Å². The van der Waals surface area contributed by atoms with Crippen molar-refractivity contribution in [2.24, 2.45) is 0 Å². The number of ether oxygens (including phenoxy) is 2. The van der Waals surface area contributed by atoms with E-state index in [0.717, 1.165) is 17.7 Å². The Labute approximate surface area is 141 Å². The van der Waals surface area contributed by atoms with Crippen molar-refractivity contribution in [3.8, 4) is 11.5 Å². The summed E-state index contributed by atoms with van der Waals surface area (Å²) in [6.07, 6.45) is 0.721. The molecule has 0 aromatic heterocycles. The molecule has 0 saturated heterocycles. The number of benzene rings is 2. The summed E-state index contributed by atoms with van der Waals surface area (Å²) in [5, 5.41) is 0. The number of fused-ring (bicyclic) bond motifs is 2. The minimum absolute atomic E-state index is 0.111. The summed E-state index contributed by atoms with van der Waals surface area (Å²) in [4.78, 5) is 0.273. The second-order valence-electron chi connectivity index (χ2n) is 6.24. The number of sulfonamides is 1. The van der Waals surface area contributed by atoms with Crippen LogP contribution in [0.3, 0.4) is 0 Å². The van der Waals surface area contributed by atoms with Crippen LogP contribution in [-0.2, 0) is 16.4 Å². The molecule has 0 N–H and O–H groups in total. The van der Waals surface area contributed by atoms with Crippen molar-refractivity contribution in [2.45, 2.75) is 31.2 Å². The van der Waals surface area contributed by atoms with Gasteiger partial charge in [-0.1, -0.05) is 18.2 Å². The second kappa shape index (κ2) is 5.41. The number of rotatable bonds is 2. The van der Waals surface area contributed by atoms with Crippen molar-refractivity contribution in [1.82, 2.24) is 0 Å². The minimum atomic E-state index is -3.67. The van der Waals surface area contributed by atoms with Gasteiger partial charge in [0.05, 0.1) is 10.6 Å². The fourth-order valence-corrected chi connectivity index (χ4v) is 5.38. The van der Waals surface area contributed by atoms with E-state index in [1.807, 2.05) is 31.2 Å². The van der Waals surface area contributed by atoms with Crippen molar-refractivity contribution in [3.05, 3.63) is 47.5 Å². The molecule has 2 aromatic carbocycles. The van der Waals surface area contributed by atoms with Crippen LogP contribution in [-0.4, -0.2) is 27.7 Å². The van der Waals surface area contributed by atoms with Crippen molar-refractivity contribution in [3.63, 3.8) is 0 Å². The molecule has 0 radical (unpaired) electrons. The van der Waals surface area contributed by atoms with E-state index in [0.29, 0.717) is 30.3 Å². The van der Waals surface area contributed by atoms with Crippen molar-refractivity contribution >= 4 is 15.7 Å². The maximum absolute atomic E-state index is 13.3. The molecule has 1 atom stereocenters. The highest BCUT2D eigenvalue weighted by atomic mass is 32.2. The van der Waals surface area contributed by atoms with Gasteiger partial charge in [0.15, 0.2) is 11.5 Å². The van der Waals surface area contributed by atoms with Gasteiger partial charge in [-0.3, -0.25) is 4.31 Å². The van der Waals surface area contributed by atoms with Crippen LogP contribution in [0, 0.1) is 6.92 Å². The molecule has 0 saturated carbocycles. The number of aryl methyl sites for hydroxylation is 1. The quantitative estimate of drug-likeness (QED) is 0.840. The van der Waals surface area contributed by atoms with Crippen LogP contribution in [0.1, 0.15) is 18.1 Å². The first-order valence-electron chi connectivity index (χ1n) is 8.01. The molecule has 1 unspecified atom stereocenters. The molecule has 0 bridgehead atoms. The summed E-state index contributed by atoms with van der Waals surface area (Å²) >= 11 is 0. The van der Waals surface area contributed by atoms with E-state index in [9.17, 15) is 8.42 Å². The molecule has 2 aliphatic heterocycles. The van der Waals surface area contributed by atoms with Crippen LogP contribution in [0.2, 0.25) is 0 Å². The molecule has 0 fully saturated rings. The molecule has 2 aliphatic rings. The standard InChI is InChI=1S/C18H19NO4S/c1-12-9-16-17(23-8-7-22-16)11-18(12)24(20,21)19-13(2)10-14-5-3-4-6-15(14)19/h3-6,9,11,13H,7-8,10H2,1-2H3. The minimum Gasteiger partial charge on any atom is -0.486 e. The molecule has 5 nitrogen and oxygen atoms in total. The average Bonchev–Trinajstić information content (AvgIpc) is 2.90. The molecule has 0 amide bonds. The third kappa shape index (κ3) is 2.24. The Hall–Kier alpha value is -2.21. The summed E-state index contributed by atoms with van der Waals surface area (Å²) in [7, 11) is -3.67. The third-order valence-electron chi connectivity index (χ3n) is 4.52. The van der Waals surface area contributed by atoms with Gasteiger partial charge >= 0.3 is 0 Å². The van der Waals surface area contributed by atoms with Gasteiger partial charge < -0.3 is 9.47 Å². The largest absolute Gasteiger partial charge is 0.486 e. The van der Waals surface area contributed by atoms with Gasteiger partial charge in [0.1, 0.15) is 13.2 Å². The Balaban J connectivity index is 1.84. The molecule has 24 heavy (non-hydrogen) atoms. The summed E-state index contributed by atoms with van der Waals surface area (Å²) in [6.45, 7) is 4.64. The summed E-state index contributed by atoms with van der Waals surface area (Å²) < 4.78 is 39.3. The lowest BCUT2D eigenvalue weighted by Gasteiger charge is -2.26. The molecule has 4 rings (SSSR count). The zero-order chi connectivity index (χ0) is 16.9. The van der Waals surface area contributed by atoms with Crippen LogP contribution in [0.4, 0.5) is 5.69 Å². The maximum atomic E-state index is 13.3. The Morgan fingerprint density at radius 2 is 1.75 bits per heavy atom. The number of hydrogen-bond acceptors (Lipinski definition) is 4. The van der Waals surface area contributed by atoms with E-state index in [1.54, 1.807) is 19.1 Å². The number of nitrogens with zero attached hydrogens (tertiary/aromatic N) is 1. The van der Waals surface area contributed by atoms with Crippen LogP contribution < -0.4 is 13.8 Å². The molecular weight excluding hydrogens is 326 g/mol. The normalized spacial score (nSPS) is 19.2. The number of hydrogen-bond donors (Lipinski definition) is 0. The zero-order valence-corrected chi connectivity index (χ0v) is 14.5. The molecule has 2 aromatic rings. The van der Waals surface area contributed by atoms with E-state index in [1.165, 1.54) is 4.31 Å². The maximum Gasteiger partial charge on any atom is 0.264 e. The van der Waals surface area contributed by atoms with Gasteiger partial charge in [-0.15, -0.1) is 0 Å². The Morgan fingerprint density at radius 3 is 2.50 bits per heavy atom. The molecule has 0 aliphatic carbocycles. The Bertz CT molecular complexity index is 907. The fraction of sp³-hybridized carbons (Fsp3) is 0.333. The lowest BCUT2D eigenvalue weighted by molar-refractivity contribution is 0.171. The second-order valence-corrected chi connectivity index (χ2v) is 8.03. The van der Waals surface area contributed by atoms with Crippen LogP contribution in [0.5, 0.6) is 11.5 Å². The first-order chi connectivity index (χ1) is 11.5. The van der Waals surface area contributed by atoms with E-state index in [4.69, 9.17) is 9.47 Å². The van der Waals surface area contributed by atoms with Gasteiger partial charge in [-0.2, -0.15) is 0 Å². The smallest absolute Gasteiger partial charge is 0.264 e. The van der Waals surface area contributed by atoms with Crippen molar-refractivity contribution in [2.75, 3.05) is 17.5 Å². The summed E-state index contributed by atoms with van der Waals surface area (Å²) in [5.41, 5.74) is 2.49. The average molecular weight is 345 g/mol. The van der Waals surface area contributed by atoms with Crippen LogP contribution >= 0.6 is 0 Å². The lowest BCUT2D eigenvalue weighted by atomic mass is 10.1. The molecular formula is C18H19NO4S. The summed E-state index contributed by atoms with van der Waals surface area (Å²) in [6, 6.07) is 10.9. The lowest BCUT2D eigenvalue weighted by Crippen LogP contribution is -2.36. The predicted octanol–water partition coefficient (Wildman–Crippen LogP) is 2.91. The van der Waals surface area contributed by atoms with E-state index in [-0.39, 0.29) is 10.9 Å². The van der Waals surface area contributed by atoms with E-state index >= 15 is 0 Å². The third-order valence-corrected chi connectivity index (χ3v) is 6.59. The Morgan fingerprint density at radius 1 is 1.08 bits per heavy atom. The van der Waals surface area contributed by atoms with Gasteiger partial charge in [0.25, 0.3) is 10.0 Å². The van der Waals surface area contributed by atoms with Gasteiger partial charge in [-0.25, -0.2) is 8.42 Å². The highest BCUT2D eigenvalue weighted by Crippen LogP contribution is 2.40. The number of para-hydroxylation sites is 1. The first-order valence-corrected chi connectivity index (χ1v) is 9.45. The highest BCUT2D eigenvalue weighted by Gasteiger charge is 2.37. The molecule has 0 spiro atoms. The SMILES string of the molecule is Cc1cc2c(cc1S(=O)(=O)N1c3ccccc3CC1C)OCCO2. The summed E-state index contributed by atoms with van der Waals surface area (Å²) in [5.74, 6) is 1.10. The van der Waals surface area contributed by atoms with Gasteiger partial charge in [0.2, 0.25) is 0 Å². The van der Waals surface area contributed by atoms with Gasteiger partial charge in [0, 0.05) is 12.1 Å².